The van der Waals surface area contributed by atoms with Gasteiger partial charge in [-0.25, -0.2) is 0 Å². The molecule has 51 heavy (non-hydrogen) atoms. The summed E-state index contributed by atoms with van der Waals surface area (Å²) < 4.78 is 15.8. The van der Waals surface area contributed by atoms with Crippen molar-refractivity contribution in [3.05, 3.63) is 156 Å². The number of hydrogen-bond donors (Lipinski definition) is 3. The van der Waals surface area contributed by atoms with Gasteiger partial charge < -0.3 is 8.83 Å². The van der Waals surface area contributed by atoms with E-state index in [0.29, 0.717) is 0 Å². The van der Waals surface area contributed by atoms with E-state index in [1.54, 1.807) is 0 Å². The lowest BCUT2D eigenvalue weighted by atomic mass is 9.97. The summed E-state index contributed by atoms with van der Waals surface area (Å²) in [7, 11) is 0. The maximum atomic E-state index is 6.99. The summed E-state index contributed by atoms with van der Waals surface area (Å²) in [6.45, 7) is 0. The number of rotatable bonds is 4. The predicted molar refractivity (Wildman–Crippen MR) is 211 cm³/mol. The van der Waals surface area contributed by atoms with Gasteiger partial charge in [0.1, 0.15) is 22.3 Å². The van der Waals surface area contributed by atoms with E-state index in [-0.39, 0.29) is 18.5 Å². The van der Waals surface area contributed by atoms with Gasteiger partial charge in [-0.2, -0.15) is 0 Å². The summed E-state index contributed by atoms with van der Waals surface area (Å²) in [5.41, 5.74) is 9.47. The molecule has 0 spiro atoms. The number of allylic oxidation sites excluding steroid dienone is 3. The Balaban J connectivity index is 1.05. The molecule has 1 saturated heterocycles. The summed E-state index contributed by atoms with van der Waals surface area (Å²) in [6.07, 6.45) is 8.49. The van der Waals surface area contributed by atoms with E-state index in [1.165, 1.54) is 31.3 Å². The molecule has 4 heterocycles. The molecular formula is C45H33N3O2S. The molecule has 5 nitrogen and oxygen atoms in total. The van der Waals surface area contributed by atoms with Crippen molar-refractivity contribution in [3.8, 4) is 11.1 Å². The van der Waals surface area contributed by atoms with E-state index in [2.05, 4.69) is 143 Å². The molecule has 3 atom stereocenters. The molecule has 1 aliphatic carbocycles. The fourth-order valence-electron chi connectivity index (χ4n) is 8.27. The van der Waals surface area contributed by atoms with Crippen LogP contribution in [0, 0.1) is 0 Å². The van der Waals surface area contributed by atoms with E-state index >= 15 is 0 Å². The van der Waals surface area contributed by atoms with Crippen LogP contribution in [-0.4, -0.2) is 6.17 Å². The Hall–Kier alpha value is -5.50. The summed E-state index contributed by atoms with van der Waals surface area (Å²) in [5.74, 6) is 0. The maximum absolute atomic E-state index is 6.99. The van der Waals surface area contributed by atoms with E-state index in [9.17, 15) is 0 Å². The average Bonchev–Trinajstić information content (AvgIpc) is 3.89. The zero-order chi connectivity index (χ0) is 33.5. The van der Waals surface area contributed by atoms with Crippen LogP contribution in [0.25, 0.3) is 75.2 Å². The lowest BCUT2D eigenvalue weighted by molar-refractivity contribution is 0.220. The number of fused-ring (bicyclic) bond motifs is 9. The molecule has 0 radical (unpaired) electrons. The van der Waals surface area contributed by atoms with E-state index in [1.807, 2.05) is 23.5 Å². The van der Waals surface area contributed by atoms with Crippen LogP contribution in [0.2, 0.25) is 0 Å². The second-order valence-corrected chi connectivity index (χ2v) is 14.7. The van der Waals surface area contributed by atoms with Crippen LogP contribution in [0.1, 0.15) is 36.3 Å². The van der Waals surface area contributed by atoms with Crippen LogP contribution < -0.4 is 16.0 Å². The Morgan fingerprint density at radius 3 is 2.14 bits per heavy atom. The normalized spacial score (nSPS) is 19.6. The van der Waals surface area contributed by atoms with E-state index < -0.39 is 0 Å². The maximum Gasteiger partial charge on any atom is 0.143 e. The number of para-hydroxylation sites is 3. The molecule has 3 unspecified atom stereocenters. The highest BCUT2D eigenvalue weighted by atomic mass is 32.1. The first-order chi connectivity index (χ1) is 25.3. The predicted octanol–water partition coefficient (Wildman–Crippen LogP) is 11.6. The first-order valence-corrected chi connectivity index (χ1v) is 18.5. The van der Waals surface area contributed by atoms with Crippen LogP contribution in [0.3, 0.4) is 0 Å². The monoisotopic (exact) mass is 679 g/mol. The highest BCUT2D eigenvalue weighted by Gasteiger charge is 2.33. The van der Waals surface area contributed by atoms with Crippen molar-refractivity contribution in [1.29, 1.82) is 0 Å². The largest absolute Gasteiger partial charge is 0.456 e. The van der Waals surface area contributed by atoms with E-state index in [0.717, 1.165) is 73.4 Å². The van der Waals surface area contributed by atoms with Gasteiger partial charge in [-0.15, -0.1) is 11.3 Å². The minimum absolute atomic E-state index is 0.0115. The molecule has 6 aromatic carbocycles. The lowest BCUT2D eigenvalue weighted by Crippen LogP contribution is -2.59. The lowest BCUT2D eigenvalue weighted by Gasteiger charge is -2.40. The van der Waals surface area contributed by atoms with Crippen molar-refractivity contribution in [2.45, 2.75) is 31.3 Å². The molecule has 0 amide bonds. The number of furan rings is 2. The second kappa shape index (κ2) is 11.5. The molecule has 0 bridgehead atoms. The molecule has 6 heteroatoms. The SMILES string of the molecule is C1=CCCC(C2NC(c3cccc4c3oc3c(-c5ccc6oc7ccccc7c6c5)cccc34)NC(c3cccc4c3sc3ccccc34)N2)=C1. The molecule has 9 aromatic rings. The molecule has 2 aliphatic rings. The van der Waals surface area contributed by atoms with Crippen LogP contribution in [0.5, 0.6) is 0 Å². The Kier molecular flexibility index (Phi) is 6.61. The molecule has 1 aliphatic heterocycles. The van der Waals surface area contributed by atoms with Crippen LogP contribution in [-0.2, 0) is 0 Å². The van der Waals surface area contributed by atoms with Crippen molar-refractivity contribution in [3.63, 3.8) is 0 Å². The minimum atomic E-state index is -0.168. The Morgan fingerprint density at radius 2 is 1.25 bits per heavy atom. The molecule has 246 valence electrons. The van der Waals surface area contributed by atoms with Gasteiger partial charge in [-0.05, 0) is 48.2 Å². The third kappa shape index (κ3) is 4.65. The average molecular weight is 680 g/mol. The fraction of sp³-hybridized carbons (Fsp3) is 0.111. The molecule has 1 fully saturated rings. The van der Waals surface area contributed by atoms with Crippen LogP contribution in [0.4, 0.5) is 0 Å². The molecular weight excluding hydrogens is 647 g/mol. The fourth-order valence-corrected chi connectivity index (χ4v) is 9.51. The minimum Gasteiger partial charge on any atom is -0.456 e. The van der Waals surface area contributed by atoms with Crippen LogP contribution in [0.15, 0.2) is 154 Å². The van der Waals surface area contributed by atoms with Crippen molar-refractivity contribution in [1.82, 2.24) is 16.0 Å². The Bertz CT molecular complexity index is 2890. The quantitative estimate of drug-likeness (QED) is 0.173. The van der Waals surface area contributed by atoms with Crippen molar-refractivity contribution in [2.24, 2.45) is 0 Å². The molecule has 3 N–H and O–H groups in total. The van der Waals surface area contributed by atoms with Gasteiger partial charge in [0.15, 0.2) is 0 Å². The molecule has 3 aromatic heterocycles. The van der Waals surface area contributed by atoms with Gasteiger partial charge in [0.05, 0.1) is 18.5 Å². The highest BCUT2D eigenvalue weighted by Crippen LogP contribution is 2.42. The van der Waals surface area contributed by atoms with Crippen molar-refractivity contribution in [2.75, 3.05) is 0 Å². The first kappa shape index (κ1) is 29.3. The topological polar surface area (TPSA) is 62.4 Å². The smallest absolute Gasteiger partial charge is 0.143 e. The summed E-state index contributed by atoms with van der Waals surface area (Å²) >= 11 is 1.87. The molecule has 0 saturated carbocycles. The van der Waals surface area contributed by atoms with Crippen LogP contribution >= 0.6 is 11.3 Å². The number of benzene rings is 6. The van der Waals surface area contributed by atoms with E-state index in [4.69, 9.17) is 8.83 Å². The Labute approximate surface area is 297 Å². The van der Waals surface area contributed by atoms with Gasteiger partial charge in [-0.1, -0.05) is 115 Å². The van der Waals surface area contributed by atoms with Gasteiger partial charge >= 0.3 is 0 Å². The zero-order valence-electron chi connectivity index (χ0n) is 27.7. The van der Waals surface area contributed by atoms with Gasteiger partial charge in [0.2, 0.25) is 0 Å². The van der Waals surface area contributed by atoms with Gasteiger partial charge in [-0.3, -0.25) is 16.0 Å². The summed E-state index contributed by atoms with van der Waals surface area (Å²) in [4.78, 5) is 0. The number of thiophene rings is 1. The third-order valence-corrected chi connectivity index (χ3v) is 12.0. The van der Waals surface area contributed by atoms with Crippen molar-refractivity contribution >= 4 is 75.4 Å². The summed E-state index contributed by atoms with van der Waals surface area (Å²) in [5, 5.41) is 18.9. The van der Waals surface area contributed by atoms with Crippen molar-refractivity contribution < 1.29 is 8.83 Å². The highest BCUT2D eigenvalue weighted by molar-refractivity contribution is 7.26. The molecule has 11 rings (SSSR count). The first-order valence-electron chi connectivity index (χ1n) is 17.7. The summed E-state index contributed by atoms with van der Waals surface area (Å²) in [6, 6.07) is 43.1. The second-order valence-electron chi connectivity index (χ2n) is 13.6. The zero-order valence-corrected chi connectivity index (χ0v) is 28.5. The third-order valence-electron chi connectivity index (χ3n) is 10.7. The van der Waals surface area contributed by atoms with Gasteiger partial charge in [0, 0.05) is 58.4 Å². The number of hydrogen-bond acceptors (Lipinski definition) is 6. The Morgan fingerprint density at radius 1 is 0.549 bits per heavy atom. The number of nitrogens with one attached hydrogen (secondary N) is 3. The standard InChI is InChI=1S/C45H33N3O2S/c1-2-11-26(12-3-1)43-46-44(48-45(47-43)35-20-10-18-33-30-14-5-7-22-39(30)51-42(33)35)34-19-9-17-32-31-16-8-15-28(40(31)50-41(32)34)27-23-24-38-36(25-27)29-13-4-6-21-37(29)49-38/h1-2,4-11,13-25,43-48H,3,12H2. The van der Waals surface area contributed by atoms with Gasteiger partial charge in [0.25, 0.3) is 0 Å².